The fourth-order valence-electron chi connectivity index (χ4n) is 4.73. The van der Waals surface area contributed by atoms with Crippen molar-refractivity contribution in [3.8, 4) is 0 Å². The van der Waals surface area contributed by atoms with Gasteiger partial charge in [0.2, 0.25) is 11.9 Å². The zero-order valence-corrected chi connectivity index (χ0v) is 20.4. The second-order valence-corrected chi connectivity index (χ2v) is 9.46. The summed E-state index contributed by atoms with van der Waals surface area (Å²) in [4.78, 5) is 37.0. The number of amides is 1. The molecule has 2 fully saturated rings. The van der Waals surface area contributed by atoms with Gasteiger partial charge in [-0.15, -0.1) is 0 Å². The highest BCUT2D eigenvalue weighted by Gasteiger charge is 2.18. The lowest BCUT2D eigenvalue weighted by Gasteiger charge is -2.33. The van der Waals surface area contributed by atoms with Crippen LogP contribution in [0.3, 0.4) is 0 Å². The van der Waals surface area contributed by atoms with E-state index in [4.69, 9.17) is 4.74 Å². The number of benzene rings is 1. The monoisotopic (exact) mass is 467 g/mol. The summed E-state index contributed by atoms with van der Waals surface area (Å²) in [5.41, 5.74) is 3.47. The van der Waals surface area contributed by atoms with Crippen molar-refractivity contribution >= 4 is 11.9 Å². The van der Waals surface area contributed by atoms with E-state index in [2.05, 4.69) is 51.4 Å². The lowest BCUT2D eigenvalue weighted by atomic mass is 10.0. The molecule has 2 aromatic rings. The molecule has 8 heteroatoms. The first kappa shape index (κ1) is 24.4. The number of ether oxygens (including phenoxy) is 1. The third-order valence-electron chi connectivity index (χ3n) is 6.96. The van der Waals surface area contributed by atoms with E-state index in [1.165, 1.54) is 31.4 Å². The maximum atomic E-state index is 12.6. The van der Waals surface area contributed by atoms with Crippen LogP contribution in [-0.4, -0.2) is 59.7 Å². The summed E-state index contributed by atoms with van der Waals surface area (Å²) in [5.74, 6) is 0.513. The van der Waals surface area contributed by atoms with Crippen molar-refractivity contribution in [2.75, 3.05) is 37.7 Å². The van der Waals surface area contributed by atoms with Crippen molar-refractivity contribution in [3.05, 3.63) is 57.0 Å². The van der Waals surface area contributed by atoms with E-state index in [1.807, 2.05) is 11.8 Å². The molecule has 184 valence electrons. The molecule has 0 saturated carbocycles. The van der Waals surface area contributed by atoms with E-state index in [1.54, 1.807) is 0 Å². The average molecular weight is 468 g/mol. The molecule has 1 aromatic heterocycles. The first-order valence-electron chi connectivity index (χ1n) is 12.5. The second-order valence-electron chi connectivity index (χ2n) is 9.46. The Hall–Kier alpha value is -2.71. The summed E-state index contributed by atoms with van der Waals surface area (Å²) >= 11 is 0. The number of rotatable bonds is 8. The quantitative estimate of drug-likeness (QED) is 0.620. The van der Waals surface area contributed by atoms with Crippen molar-refractivity contribution in [2.24, 2.45) is 0 Å². The van der Waals surface area contributed by atoms with Gasteiger partial charge in [0.15, 0.2) is 0 Å². The van der Waals surface area contributed by atoms with Crippen LogP contribution in [0, 0.1) is 6.92 Å². The van der Waals surface area contributed by atoms with Crippen LogP contribution in [0.4, 0.5) is 5.95 Å². The SMILES string of the molecule is Cc1nc(N2CCOCC2)[nH]c(=O)c1CCC(=O)NCc1ccc(CN2CCCCC2C)cc1. The Morgan fingerprint density at radius 2 is 1.88 bits per heavy atom. The van der Waals surface area contributed by atoms with Gasteiger partial charge in [-0.1, -0.05) is 30.7 Å². The van der Waals surface area contributed by atoms with E-state index in [9.17, 15) is 9.59 Å². The standard InChI is InChI=1S/C26H37N5O3/c1-19-5-3-4-12-31(19)18-22-8-6-21(7-9-22)17-27-24(32)11-10-23-20(2)28-26(29-25(23)33)30-13-15-34-16-14-30/h6-9,19H,3-5,10-18H2,1-2H3,(H,27,32)(H,28,29,33). The maximum Gasteiger partial charge on any atom is 0.255 e. The molecular weight excluding hydrogens is 430 g/mol. The molecule has 34 heavy (non-hydrogen) atoms. The number of hydrogen-bond acceptors (Lipinski definition) is 6. The van der Waals surface area contributed by atoms with E-state index >= 15 is 0 Å². The number of H-pyrrole nitrogens is 1. The number of hydrogen-bond donors (Lipinski definition) is 2. The van der Waals surface area contributed by atoms with Gasteiger partial charge in [0, 0.05) is 49.9 Å². The van der Waals surface area contributed by atoms with Gasteiger partial charge in [0.25, 0.3) is 5.56 Å². The van der Waals surface area contributed by atoms with E-state index in [-0.39, 0.29) is 17.9 Å². The molecule has 1 atom stereocenters. The molecule has 2 aliphatic rings. The van der Waals surface area contributed by atoms with Crippen LogP contribution in [0.25, 0.3) is 0 Å². The van der Waals surface area contributed by atoms with Gasteiger partial charge in [-0.25, -0.2) is 4.98 Å². The summed E-state index contributed by atoms with van der Waals surface area (Å²) in [5, 5.41) is 2.97. The van der Waals surface area contributed by atoms with Gasteiger partial charge in [0.1, 0.15) is 0 Å². The molecule has 4 rings (SSSR count). The first-order valence-corrected chi connectivity index (χ1v) is 12.5. The fourth-order valence-corrected chi connectivity index (χ4v) is 4.73. The number of aryl methyl sites for hydroxylation is 1. The number of piperidine rings is 1. The predicted octanol–water partition coefficient (Wildman–Crippen LogP) is 2.54. The maximum absolute atomic E-state index is 12.6. The van der Waals surface area contributed by atoms with Crippen LogP contribution in [0.1, 0.15) is 55.0 Å². The Kier molecular flexibility index (Phi) is 8.34. The number of carbonyl (C=O) groups is 1. The van der Waals surface area contributed by atoms with Gasteiger partial charge < -0.3 is 15.0 Å². The number of anilines is 1. The Labute approximate surface area is 201 Å². The molecule has 0 bridgehead atoms. The molecule has 0 radical (unpaired) electrons. The van der Waals surface area contributed by atoms with Crippen LogP contribution in [0.5, 0.6) is 0 Å². The van der Waals surface area contributed by atoms with Crippen molar-refractivity contribution in [2.45, 2.75) is 65.1 Å². The number of aromatic nitrogens is 2. The van der Waals surface area contributed by atoms with Crippen LogP contribution in [-0.2, 0) is 29.0 Å². The molecule has 2 saturated heterocycles. The molecule has 3 heterocycles. The summed E-state index contributed by atoms with van der Waals surface area (Å²) < 4.78 is 5.36. The molecule has 0 spiro atoms. The van der Waals surface area contributed by atoms with Crippen LogP contribution >= 0.6 is 0 Å². The number of morpholine rings is 1. The molecule has 2 N–H and O–H groups in total. The number of nitrogens with zero attached hydrogens (tertiary/aromatic N) is 3. The lowest BCUT2D eigenvalue weighted by molar-refractivity contribution is -0.121. The molecule has 1 amide bonds. The fraction of sp³-hybridized carbons (Fsp3) is 0.577. The first-order chi connectivity index (χ1) is 16.5. The minimum atomic E-state index is -0.166. The Morgan fingerprint density at radius 3 is 2.59 bits per heavy atom. The zero-order chi connectivity index (χ0) is 23.9. The van der Waals surface area contributed by atoms with E-state index in [0.29, 0.717) is 62.5 Å². The third-order valence-corrected chi connectivity index (χ3v) is 6.96. The van der Waals surface area contributed by atoms with Gasteiger partial charge in [0.05, 0.1) is 13.2 Å². The molecule has 1 aromatic carbocycles. The predicted molar refractivity (Wildman–Crippen MR) is 133 cm³/mol. The van der Waals surface area contributed by atoms with Crippen molar-refractivity contribution in [3.63, 3.8) is 0 Å². The smallest absolute Gasteiger partial charge is 0.255 e. The summed E-state index contributed by atoms with van der Waals surface area (Å²) in [6.45, 7) is 9.47. The Morgan fingerprint density at radius 1 is 1.15 bits per heavy atom. The molecule has 0 aliphatic carbocycles. The van der Waals surface area contributed by atoms with Crippen LogP contribution < -0.4 is 15.8 Å². The Bertz CT molecular complexity index is 1010. The third kappa shape index (κ3) is 6.45. The van der Waals surface area contributed by atoms with Gasteiger partial charge in [-0.2, -0.15) is 0 Å². The van der Waals surface area contributed by atoms with Crippen LogP contribution in [0.2, 0.25) is 0 Å². The van der Waals surface area contributed by atoms with Crippen molar-refractivity contribution in [1.82, 2.24) is 20.2 Å². The topological polar surface area (TPSA) is 90.6 Å². The summed E-state index contributed by atoms with van der Waals surface area (Å²) in [6, 6.07) is 9.15. The Balaban J connectivity index is 1.24. The van der Waals surface area contributed by atoms with Gasteiger partial charge >= 0.3 is 0 Å². The highest BCUT2D eigenvalue weighted by Crippen LogP contribution is 2.19. The number of carbonyl (C=O) groups excluding carboxylic acids is 1. The molecule has 1 unspecified atom stereocenters. The minimum absolute atomic E-state index is 0.0673. The molecule has 2 aliphatic heterocycles. The number of aromatic amines is 1. The summed E-state index contributed by atoms with van der Waals surface area (Å²) in [7, 11) is 0. The number of nitrogens with one attached hydrogen (secondary N) is 2. The minimum Gasteiger partial charge on any atom is -0.378 e. The average Bonchev–Trinajstić information content (AvgIpc) is 2.85. The number of likely N-dealkylation sites (tertiary alicyclic amines) is 1. The van der Waals surface area contributed by atoms with Crippen molar-refractivity contribution in [1.29, 1.82) is 0 Å². The van der Waals surface area contributed by atoms with E-state index < -0.39 is 0 Å². The van der Waals surface area contributed by atoms with E-state index in [0.717, 1.165) is 12.1 Å². The zero-order valence-electron chi connectivity index (χ0n) is 20.4. The second kappa shape index (κ2) is 11.6. The highest BCUT2D eigenvalue weighted by molar-refractivity contribution is 5.76. The summed E-state index contributed by atoms with van der Waals surface area (Å²) in [6.07, 6.45) is 4.53. The van der Waals surface area contributed by atoms with Crippen LogP contribution in [0.15, 0.2) is 29.1 Å². The molecular formula is C26H37N5O3. The normalized spacial score (nSPS) is 19.2. The highest BCUT2D eigenvalue weighted by atomic mass is 16.5. The van der Waals surface area contributed by atoms with Gasteiger partial charge in [-0.05, 0) is 50.8 Å². The van der Waals surface area contributed by atoms with Gasteiger partial charge in [-0.3, -0.25) is 19.5 Å². The largest absolute Gasteiger partial charge is 0.378 e. The molecule has 8 nitrogen and oxygen atoms in total. The van der Waals surface area contributed by atoms with Crippen molar-refractivity contribution < 1.29 is 9.53 Å². The lowest BCUT2D eigenvalue weighted by Crippen LogP contribution is -2.38.